The fourth-order valence-corrected chi connectivity index (χ4v) is 1.79. The number of ether oxygens (including phenoxy) is 1. The Bertz CT molecular complexity index is 307. The maximum Gasteiger partial charge on any atom is 0.223 e. The topological polar surface area (TPSA) is 60.2 Å². The first-order valence-electron chi connectivity index (χ1n) is 5.40. The normalized spacial score (nSPS) is 23.2. The quantitative estimate of drug-likeness (QED) is 0.806. The number of aryl methyl sites for hydroxylation is 1. The van der Waals surface area contributed by atoms with Gasteiger partial charge in [0, 0.05) is 19.6 Å². The largest absolute Gasteiger partial charge is 0.377 e. The van der Waals surface area contributed by atoms with Crippen molar-refractivity contribution < 1.29 is 9.26 Å². The molecule has 2 heterocycles. The summed E-state index contributed by atoms with van der Waals surface area (Å²) in [6.07, 6.45) is 2.63. The second-order valence-corrected chi connectivity index (χ2v) is 3.95. The van der Waals surface area contributed by atoms with Gasteiger partial charge >= 0.3 is 0 Å². The van der Waals surface area contributed by atoms with Crippen molar-refractivity contribution in [2.24, 2.45) is 0 Å². The summed E-state index contributed by atoms with van der Waals surface area (Å²) >= 11 is 0. The van der Waals surface area contributed by atoms with Crippen LogP contribution in [0.3, 0.4) is 0 Å². The molecule has 1 saturated heterocycles. The Kier molecular flexibility index (Phi) is 3.33. The lowest BCUT2D eigenvalue weighted by atomic mass is 10.1. The highest BCUT2D eigenvalue weighted by Gasteiger charge is 2.22. The molecular formula is C10H17N3O2. The molecule has 0 aliphatic carbocycles. The molecule has 1 N–H and O–H groups in total. The predicted molar refractivity (Wildman–Crippen MR) is 54.3 cm³/mol. The molecule has 15 heavy (non-hydrogen) atoms. The fraction of sp³-hybridized carbons (Fsp3) is 0.800. The molecule has 0 radical (unpaired) electrons. The van der Waals surface area contributed by atoms with Gasteiger partial charge in [-0.25, -0.2) is 0 Å². The summed E-state index contributed by atoms with van der Waals surface area (Å²) in [5, 5.41) is 7.17. The summed E-state index contributed by atoms with van der Waals surface area (Å²) in [4.78, 5) is 4.13. The van der Waals surface area contributed by atoms with E-state index in [4.69, 9.17) is 9.26 Å². The maximum atomic E-state index is 5.58. The maximum absolute atomic E-state index is 5.58. The van der Waals surface area contributed by atoms with Gasteiger partial charge in [0.15, 0.2) is 5.82 Å². The summed E-state index contributed by atoms with van der Waals surface area (Å²) in [6, 6.07) is 0.339. The van der Waals surface area contributed by atoms with Crippen molar-refractivity contribution in [3.63, 3.8) is 0 Å². The zero-order valence-electron chi connectivity index (χ0n) is 9.19. The van der Waals surface area contributed by atoms with Crippen LogP contribution in [-0.4, -0.2) is 28.9 Å². The van der Waals surface area contributed by atoms with Gasteiger partial charge in [-0.2, -0.15) is 4.98 Å². The molecule has 0 bridgehead atoms. The third-order valence-corrected chi connectivity index (χ3v) is 2.67. The van der Waals surface area contributed by atoms with E-state index in [1.54, 1.807) is 6.92 Å². The van der Waals surface area contributed by atoms with Crippen molar-refractivity contribution >= 4 is 0 Å². The van der Waals surface area contributed by atoms with Gasteiger partial charge in [0.2, 0.25) is 5.89 Å². The zero-order valence-corrected chi connectivity index (χ0v) is 9.19. The lowest BCUT2D eigenvalue weighted by Gasteiger charge is -2.18. The molecule has 0 spiro atoms. The molecular weight excluding hydrogens is 194 g/mol. The standard InChI is InChI=1S/C10H17N3O2/c1-7(9-4-3-5-14-9)11-6-10-12-8(2)15-13-10/h7,9,11H,3-6H2,1-2H3/t7-,9+/m1/s1. The minimum Gasteiger partial charge on any atom is -0.377 e. The summed E-state index contributed by atoms with van der Waals surface area (Å²) in [6.45, 7) is 5.44. The van der Waals surface area contributed by atoms with Crippen LogP contribution in [0.2, 0.25) is 0 Å². The summed E-state index contributed by atoms with van der Waals surface area (Å²) in [5.41, 5.74) is 0. The second-order valence-electron chi connectivity index (χ2n) is 3.95. The van der Waals surface area contributed by atoms with Gasteiger partial charge in [0.05, 0.1) is 12.6 Å². The van der Waals surface area contributed by atoms with E-state index in [1.807, 2.05) is 0 Å². The fourth-order valence-electron chi connectivity index (χ4n) is 1.79. The molecule has 1 aliphatic rings. The molecule has 1 aromatic rings. The number of nitrogens with zero attached hydrogens (tertiary/aromatic N) is 2. The van der Waals surface area contributed by atoms with Crippen molar-refractivity contribution in [1.29, 1.82) is 0 Å². The van der Waals surface area contributed by atoms with E-state index in [2.05, 4.69) is 22.4 Å². The summed E-state index contributed by atoms with van der Waals surface area (Å²) < 4.78 is 10.5. The number of hydrogen-bond acceptors (Lipinski definition) is 5. The van der Waals surface area contributed by atoms with Crippen molar-refractivity contribution in [3.8, 4) is 0 Å². The second kappa shape index (κ2) is 4.72. The van der Waals surface area contributed by atoms with E-state index in [1.165, 1.54) is 0 Å². The van der Waals surface area contributed by atoms with Crippen LogP contribution in [0.5, 0.6) is 0 Å². The molecule has 84 valence electrons. The summed E-state index contributed by atoms with van der Waals surface area (Å²) in [7, 11) is 0. The highest BCUT2D eigenvalue weighted by Crippen LogP contribution is 2.15. The van der Waals surface area contributed by atoms with E-state index in [0.29, 0.717) is 30.4 Å². The molecule has 0 aromatic carbocycles. The first kappa shape index (κ1) is 10.6. The van der Waals surface area contributed by atoms with Crippen LogP contribution in [0.1, 0.15) is 31.5 Å². The van der Waals surface area contributed by atoms with Gasteiger partial charge in [-0.1, -0.05) is 5.16 Å². The molecule has 0 saturated carbocycles. The Morgan fingerprint density at radius 1 is 1.60 bits per heavy atom. The predicted octanol–water partition coefficient (Wildman–Crippen LogP) is 1.04. The minimum atomic E-state index is 0.331. The average molecular weight is 211 g/mol. The SMILES string of the molecule is Cc1nc(CN[C@H](C)[C@@H]2CCCO2)no1. The lowest BCUT2D eigenvalue weighted by molar-refractivity contribution is 0.0829. The van der Waals surface area contributed by atoms with Gasteiger partial charge in [0.1, 0.15) is 0 Å². The molecule has 1 aliphatic heterocycles. The molecule has 5 nitrogen and oxygen atoms in total. The zero-order chi connectivity index (χ0) is 10.7. The number of aromatic nitrogens is 2. The van der Waals surface area contributed by atoms with Crippen molar-refractivity contribution in [2.45, 2.75) is 45.4 Å². The Morgan fingerprint density at radius 3 is 3.07 bits per heavy atom. The molecule has 5 heteroatoms. The van der Waals surface area contributed by atoms with E-state index in [9.17, 15) is 0 Å². The minimum absolute atomic E-state index is 0.331. The van der Waals surface area contributed by atoms with E-state index >= 15 is 0 Å². The van der Waals surface area contributed by atoms with E-state index in [-0.39, 0.29) is 0 Å². The van der Waals surface area contributed by atoms with Crippen LogP contribution in [0.4, 0.5) is 0 Å². The third-order valence-electron chi connectivity index (χ3n) is 2.67. The Morgan fingerprint density at radius 2 is 2.47 bits per heavy atom. The van der Waals surface area contributed by atoms with Crippen LogP contribution < -0.4 is 5.32 Å². The number of nitrogens with one attached hydrogen (secondary N) is 1. The highest BCUT2D eigenvalue weighted by atomic mass is 16.5. The molecule has 2 rings (SSSR count). The van der Waals surface area contributed by atoms with Crippen LogP contribution in [-0.2, 0) is 11.3 Å². The first-order chi connectivity index (χ1) is 7.25. The van der Waals surface area contributed by atoms with Gasteiger partial charge in [-0.15, -0.1) is 0 Å². The van der Waals surface area contributed by atoms with Crippen molar-refractivity contribution in [3.05, 3.63) is 11.7 Å². The third kappa shape index (κ3) is 2.76. The Balaban J connectivity index is 1.77. The number of rotatable bonds is 4. The van der Waals surface area contributed by atoms with Gasteiger partial charge < -0.3 is 14.6 Å². The monoisotopic (exact) mass is 211 g/mol. The van der Waals surface area contributed by atoms with E-state index in [0.717, 1.165) is 19.4 Å². The summed E-state index contributed by atoms with van der Waals surface area (Å²) in [5.74, 6) is 1.31. The first-order valence-corrected chi connectivity index (χ1v) is 5.40. The molecule has 2 atom stereocenters. The van der Waals surface area contributed by atoms with Gasteiger partial charge in [-0.3, -0.25) is 0 Å². The Labute approximate surface area is 89.2 Å². The smallest absolute Gasteiger partial charge is 0.223 e. The van der Waals surface area contributed by atoms with Crippen LogP contribution in [0, 0.1) is 6.92 Å². The van der Waals surface area contributed by atoms with Crippen molar-refractivity contribution in [1.82, 2.24) is 15.5 Å². The van der Waals surface area contributed by atoms with Gasteiger partial charge in [-0.05, 0) is 19.8 Å². The Hall–Kier alpha value is -0.940. The van der Waals surface area contributed by atoms with Gasteiger partial charge in [0.25, 0.3) is 0 Å². The van der Waals surface area contributed by atoms with Crippen molar-refractivity contribution in [2.75, 3.05) is 6.61 Å². The average Bonchev–Trinajstić information content (AvgIpc) is 2.84. The highest BCUT2D eigenvalue weighted by molar-refractivity contribution is 4.85. The molecule has 1 aromatic heterocycles. The molecule has 0 unspecified atom stereocenters. The van der Waals surface area contributed by atoms with Crippen LogP contribution >= 0.6 is 0 Å². The van der Waals surface area contributed by atoms with E-state index < -0.39 is 0 Å². The molecule has 0 amide bonds. The molecule has 1 fully saturated rings. The number of hydrogen-bond donors (Lipinski definition) is 1. The lowest BCUT2D eigenvalue weighted by Crippen LogP contribution is -2.36. The van der Waals surface area contributed by atoms with Crippen LogP contribution in [0.25, 0.3) is 0 Å². The van der Waals surface area contributed by atoms with Crippen LogP contribution in [0.15, 0.2) is 4.52 Å².